The molecule has 1 rings (SSSR count). The summed E-state index contributed by atoms with van der Waals surface area (Å²) in [5.41, 5.74) is -4.49. The molecular weight excluding hydrogens is 228 g/mol. The number of hydrogen-bond acceptors (Lipinski definition) is 1. The Morgan fingerprint density at radius 1 is 1.23 bits per heavy atom. The van der Waals surface area contributed by atoms with Crippen LogP contribution in [0.1, 0.15) is 0 Å². The molecule has 0 saturated carbocycles. The smallest absolute Gasteiger partial charge is 0.206 e. The Kier molecular flexibility index (Phi) is 3.08. The van der Waals surface area contributed by atoms with Gasteiger partial charge in [-0.05, 0) is 30.0 Å². The molecule has 0 fully saturated rings. The first-order valence-electron chi connectivity index (χ1n) is 3.09. The summed E-state index contributed by atoms with van der Waals surface area (Å²) in [5, 5.41) is 0.0770. The molecule has 0 nitrogen and oxygen atoms in total. The summed E-state index contributed by atoms with van der Waals surface area (Å²) < 4.78 is 48.1. The quantitative estimate of drug-likeness (QED) is 0.517. The SMILES string of the molecule is Fc1ccc(Cl)cc1SC(F)(F)F. The molecule has 0 bridgehead atoms. The number of alkyl halides is 3. The highest BCUT2D eigenvalue weighted by Crippen LogP contribution is 2.38. The van der Waals surface area contributed by atoms with Gasteiger partial charge in [-0.15, -0.1) is 0 Å². The van der Waals surface area contributed by atoms with Crippen molar-refractivity contribution < 1.29 is 17.6 Å². The van der Waals surface area contributed by atoms with Crippen LogP contribution in [0, 0.1) is 5.82 Å². The van der Waals surface area contributed by atoms with Crippen LogP contribution in [0.2, 0.25) is 5.02 Å². The molecule has 0 aliphatic carbocycles. The van der Waals surface area contributed by atoms with Crippen molar-refractivity contribution >= 4 is 23.4 Å². The molecule has 0 aliphatic heterocycles. The number of hydrogen-bond donors (Lipinski definition) is 0. The van der Waals surface area contributed by atoms with Gasteiger partial charge in [-0.1, -0.05) is 11.6 Å². The third-order valence-corrected chi connectivity index (χ3v) is 2.12. The van der Waals surface area contributed by atoms with Gasteiger partial charge in [-0.2, -0.15) is 13.2 Å². The number of halogens is 5. The monoisotopic (exact) mass is 230 g/mol. The van der Waals surface area contributed by atoms with Crippen LogP contribution in [0.4, 0.5) is 17.6 Å². The van der Waals surface area contributed by atoms with Crippen LogP contribution in [0.5, 0.6) is 0 Å². The Balaban J connectivity index is 2.94. The summed E-state index contributed by atoms with van der Waals surface area (Å²) in [7, 11) is 0. The Morgan fingerprint density at radius 3 is 2.38 bits per heavy atom. The second kappa shape index (κ2) is 3.75. The molecule has 0 heterocycles. The zero-order chi connectivity index (χ0) is 10.1. The topological polar surface area (TPSA) is 0 Å². The Labute approximate surface area is 80.9 Å². The predicted molar refractivity (Wildman–Crippen MR) is 43.3 cm³/mol. The van der Waals surface area contributed by atoms with Crippen LogP contribution in [-0.4, -0.2) is 5.51 Å². The van der Waals surface area contributed by atoms with Gasteiger partial charge in [0.2, 0.25) is 0 Å². The second-order valence-corrected chi connectivity index (χ2v) is 3.67. The van der Waals surface area contributed by atoms with Gasteiger partial charge in [0, 0.05) is 5.02 Å². The van der Waals surface area contributed by atoms with E-state index in [4.69, 9.17) is 11.6 Å². The van der Waals surface area contributed by atoms with Crippen molar-refractivity contribution in [2.45, 2.75) is 10.4 Å². The lowest BCUT2D eigenvalue weighted by atomic mass is 10.3. The van der Waals surface area contributed by atoms with Crippen molar-refractivity contribution in [1.82, 2.24) is 0 Å². The fourth-order valence-corrected chi connectivity index (χ4v) is 1.52. The lowest BCUT2D eigenvalue weighted by Crippen LogP contribution is -2.00. The standard InChI is InChI=1S/C7H3ClF4S/c8-4-1-2-5(9)6(3-4)13-7(10,11)12/h1-3H. The minimum absolute atomic E-state index is 0.0770. The van der Waals surface area contributed by atoms with Crippen LogP contribution in [0.25, 0.3) is 0 Å². The normalized spacial score (nSPS) is 11.8. The van der Waals surface area contributed by atoms with Gasteiger partial charge in [0.15, 0.2) is 0 Å². The number of thioether (sulfide) groups is 1. The van der Waals surface area contributed by atoms with Crippen molar-refractivity contribution in [3.8, 4) is 0 Å². The van der Waals surface area contributed by atoms with Crippen molar-refractivity contribution in [2.75, 3.05) is 0 Å². The van der Waals surface area contributed by atoms with Gasteiger partial charge >= 0.3 is 5.51 Å². The molecule has 0 amide bonds. The largest absolute Gasteiger partial charge is 0.446 e. The van der Waals surface area contributed by atoms with Crippen molar-refractivity contribution in [2.24, 2.45) is 0 Å². The maximum absolute atomic E-state index is 12.7. The molecule has 72 valence electrons. The first-order chi connectivity index (χ1) is 5.88. The minimum Gasteiger partial charge on any atom is -0.206 e. The predicted octanol–water partition coefficient (Wildman–Crippen LogP) is 4.09. The van der Waals surface area contributed by atoms with Crippen LogP contribution in [-0.2, 0) is 0 Å². The summed E-state index contributed by atoms with van der Waals surface area (Å²) in [5.74, 6) is -0.924. The zero-order valence-corrected chi connectivity index (χ0v) is 7.60. The Bertz CT molecular complexity index is 310. The second-order valence-electron chi connectivity index (χ2n) is 2.12. The van der Waals surface area contributed by atoms with Gasteiger partial charge in [0.05, 0.1) is 4.90 Å². The van der Waals surface area contributed by atoms with Crippen molar-refractivity contribution in [3.63, 3.8) is 0 Å². The maximum Gasteiger partial charge on any atom is 0.446 e. The van der Waals surface area contributed by atoms with E-state index in [9.17, 15) is 17.6 Å². The third kappa shape index (κ3) is 3.44. The van der Waals surface area contributed by atoms with Gasteiger partial charge in [0.1, 0.15) is 5.82 Å². The summed E-state index contributed by atoms with van der Waals surface area (Å²) in [6.45, 7) is 0. The Hall–Kier alpha value is -0.420. The van der Waals surface area contributed by atoms with Crippen molar-refractivity contribution in [3.05, 3.63) is 29.0 Å². The molecule has 0 unspecified atom stereocenters. The molecular formula is C7H3ClF4S. The fourth-order valence-electron chi connectivity index (χ4n) is 0.680. The van der Waals surface area contributed by atoms with Crippen molar-refractivity contribution in [1.29, 1.82) is 0 Å². The van der Waals surface area contributed by atoms with E-state index in [0.717, 1.165) is 12.1 Å². The van der Waals surface area contributed by atoms with E-state index in [1.165, 1.54) is 6.07 Å². The summed E-state index contributed by atoms with van der Waals surface area (Å²) >= 11 is 4.88. The average molecular weight is 231 g/mol. The van der Waals surface area contributed by atoms with Crippen LogP contribution in [0.3, 0.4) is 0 Å². The molecule has 0 spiro atoms. The van der Waals surface area contributed by atoms with E-state index in [0.29, 0.717) is 0 Å². The molecule has 1 aromatic carbocycles. The highest BCUT2D eigenvalue weighted by atomic mass is 35.5. The molecule has 0 saturated heterocycles. The molecule has 6 heteroatoms. The average Bonchev–Trinajstić information content (AvgIpc) is 1.94. The molecule has 1 aromatic rings. The van der Waals surface area contributed by atoms with Gasteiger partial charge in [0.25, 0.3) is 0 Å². The first kappa shape index (κ1) is 10.7. The summed E-state index contributed by atoms with van der Waals surface area (Å²) in [6, 6.07) is 3.03. The molecule has 0 aliphatic rings. The van der Waals surface area contributed by atoms with E-state index >= 15 is 0 Å². The Morgan fingerprint density at radius 2 is 1.85 bits per heavy atom. The van der Waals surface area contributed by atoms with Crippen LogP contribution >= 0.6 is 23.4 Å². The first-order valence-corrected chi connectivity index (χ1v) is 4.29. The molecule has 0 radical (unpaired) electrons. The van der Waals surface area contributed by atoms with E-state index in [2.05, 4.69) is 0 Å². The minimum atomic E-state index is -4.49. The van der Waals surface area contributed by atoms with E-state index in [-0.39, 0.29) is 5.02 Å². The highest BCUT2D eigenvalue weighted by Gasteiger charge is 2.30. The van der Waals surface area contributed by atoms with E-state index in [1.54, 1.807) is 0 Å². The summed E-state index contributed by atoms with van der Waals surface area (Å²) in [6.07, 6.45) is 0. The van der Waals surface area contributed by atoms with E-state index in [1.807, 2.05) is 0 Å². The molecule has 0 atom stereocenters. The lowest BCUT2D eigenvalue weighted by Gasteiger charge is -2.06. The van der Waals surface area contributed by atoms with Gasteiger partial charge < -0.3 is 0 Å². The molecule has 0 aromatic heterocycles. The molecule has 13 heavy (non-hydrogen) atoms. The van der Waals surface area contributed by atoms with Crippen LogP contribution < -0.4 is 0 Å². The van der Waals surface area contributed by atoms with E-state index < -0.39 is 28.0 Å². The highest BCUT2D eigenvalue weighted by molar-refractivity contribution is 8.00. The van der Waals surface area contributed by atoms with Crippen LogP contribution in [0.15, 0.2) is 23.1 Å². The third-order valence-electron chi connectivity index (χ3n) is 1.12. The maximum atomic E-state index is 12.7. The number of benzene rings is 1. The number of rotatable bonds is 1. The van der Waals surface area contributed by atoms with Gasteiger partial charge in [-0.25, -0.2) is 4.39 Å². The fraction of sp³-hybridized carbons (Fsp3) is 0.143. The molecule has 0 N–H and O–H groups in total. The van der Waals surface area contributed by atoms with Gasteiger partial charge in [-0.3, -0.25) is 0 Å². The zero-order valence-electron chi connectivity index (χ0n) is 6.03. The summed E-state index contributed by atoms with van der Waals surface area (Å²) in [4.78, 5) is -0.514. The lowest BCUT2D eigenvalue weighted by molar-refractivity contribution is -0.0329.